The number of aliphatic hydroxyl groups is 3. The summed E-state index contributed by atoms with van der Waals surface area (Å²) in [4.78, 5) is 0. The molecule has 4 aliphatic rings. The molecule has 0 spiro atoms. The number of fused-ring (bicyclic) bond motifs is 5. The van der Waals surface area contributed by atoms with Gasteiger partial charge in [0, 0.05) is 18.3 Å². The maximum Gasteiger partial charge on any atom is 0.102 e. The van der Waals surface area contributed by atoms with Gasteiger partial charge in [0.05, 0.1) is 12.2 Å². The van der Waals surface area contributed by atoms with Gasteiger partial charge < -0.3 is 15.3 Å². The van der Waals surface area contributed by atoms with Crippen LogP contribution in [0.3, 0.4) is 0 Å². The Hall–Kier alpha value is -0.900. The quantitative estimate of drug-likeness (QED) is 0.648. The number of aliphatic hydroxyl groups excluding tert-OH is 1. The Morgan fingerprint density at radius 2 is 1.92 bits per heavy atom. The molecule has 4 aliphatic carbocycles. The first-order valence-corrected chi connectivity index (χ1v) is 9.21. The van der Waals surface area contributed by atoms with Gasteiger partial charge in [0.25, 0.3) is 0 Å². The molecule has 3 nitrogen and oxygen atoms in total. The predicted octanol–water partition coefficient (Wildman–Crippen LogP) is 2.83. The molecule has 132 valence electrons. The van der Waals surface area contributed by atoms with E-state index in [4.69, 9.17) is 0 Å². The fraction of sp³-hybridized carbons (Fsp3) is 0.714. The standard InChI is InChI=1S/C21H30O3/c1-11-6-17-20(23,13(11)3)9-14(10-22)8-16-18-15(19(18,4)5)7-12(2)21(16,17)24/h6,8,12,15-18,22-24H,3,7,9-10H2,1-2,4-5H3/t12-,15?,16?,17?,18-,20?,21?/m1/s1. The fourth-order valence-corrected chi connectivity index (χ4v) is 6.40. The molecule has 2 fully saturated rings. The van der Waals surface area contributed by atoms with E-state index in [0.29, 0.717) is 23.8 Å². The minimum atomic E-state index is -1.18. The van der Waals surface area contributed by atoms with Crippen molar-refractivity contribution < 1.29 is 15.3 Å². The summed E-state index contributed by atoms with van der Waals surface area (Å²) in [6.45, 7) is 12.7. The highest BCUT2D eigenvalue weighted by Crippen LogP contribution is 2.73. The monoisotopic (exact) mass is 330 g/mol. The second kappa shape index (κ2) is 4.63. The highest BCUT2D eigenvalue weighted by atomic mass is 16.3. The maximum atomic E-state index is 12.0. The van der Waals surface area contributed by atoms with Gasteiger partial charge in [-0.05, 0) is 53.2 Å². The summed E-state index contributed by atoms with van der Waals surface area (Å²) in [6.07, 6.45) is 5.49. The molecular formula is C21H30O3. The highest BCUT2D eigenvalue weighted by Gasteiger charge is 2.72. The first-order chi connectivity index (χ1) is 11.1. The van der Waals surface area contributed by atoms with Crippen molar-refractivity contribution in [2.45, 2.75) is 51.7 Å². The summed E-state index contributed by atoms with van der Waals surface area (Å²) in [5.74, 6) is 0.777. The Morgan fingerprint density at radius 3 is 2.54 bits per heavy atom. The topological polar surface area (TPSA) is 60.7 Å². The van der Waals surface area contributed by atoms with Gasteiger partial charge in [-0.2, -0.15) is 0 Å². The molecular weight excluding hydrogens is 300 g/mol. The Morgan fingerprint density at radius 1 is 1.25 bits per heavy atom. The zero-order valence-corrected chi connectivity index (χ0v) is 15.2. The van der Waals surface area contributed by atoms with Gasteiger partial charge in [-0.1, -0.05) is 39.5 Å². The minimum Gasteiger partial charge on any atom is -0.392 e. The van der Waals surface area contributed by atoms with Crippen molar-refractivity contribution in [1.29, 1.82) is 0 Å². The normalized spacial score (nSPS) is 51.8. The molecule has 0 aromatic rings. The average molecular weight is 330 g/mol. The number of rotatable bonds is 1. The molecule has 0 amide bonds. The van der Waals surface area contributed by atoms with Crippen molar-refractivity contribution in [2.75, 3.05) is 6.61 Å². The van der Waals surface area contributed by atoms with Crippen LogP contribution in [-0.2, 0) is 0 Å². The summed E-state index contributed by atoms with van der Waals surface area (Å²) in [7, 11) is 0. The molecule has 0 bridgehead atoms. The first kappa shape index (κ1) is 16.6. The van der Waals surface area contributed by atoms with Crippen LogP contribution < -0.4 is 0 Å². The smallest absolute Gasteiger partial charge is 0.102 e. The van der Waals surface area contributed by atoms with Crippen LogP contribution in [0.1, 0.15) is 40.5 Å². The largest absolute Gasteiger partial charge is 0.392 e. The lowest BCUT2D eigenvalue weighted by Gasteiger charge is -2.49. The van der Waals surface area contributed by atoms with E-state index in [1.165, 1.54) is 0 Å². The third-order valence-corrected chi connectivity index (χ3v) is 8.00. The van der Waals surface area contributed by atoms with E-state index in [1.807, 2.05) is 13.0 Å². The Balaban J connectivity index is 1.90. The molecule has 0 radical (unpaired) electrons. The molecule has 0 aromatic carbocycles. The lowest BCUT2D eigenvalue weighted by Crippen LogP contribution is -2.58. The van der Waals surface area contributed by atoms with Crippen LogP contribution in [-0.4, -0.2) is 33.1 Å². The average Bonchev–Trinajstić information content (AvgIpc) is 3.00. The van der Waals surface area contributed by atoms with E-state index in [1.54, 1.807) is 0 Å². The third kappa shape index (κ3) is 1.73. The summed E-state index contributed by atoms with van der Waals surface area (Å²) in [5, 5.41) is 33.4. The zero-order chi connectivity index (χ0) is 17.7. The first-order valence-electron chi connectivity index (χ1n) is 9.21. The van der Waals surface area contributed by atoms with Gasteiger partial charge in [0.1, 0.15) is 5.60 Å². The van der Waals surface area contributed by atoms with Crippen molar-refractivity contribution in [1.82, 2.24) is 0 Å². The molecule has 24 heavy (non-hydrogen) atoms. The molecule has 3 heteroatoms. The predicted molar refractivity (Wildman–Crippen MR) is 94.1 cm³/mol. The summed E-state index contributed by atoms with van der Waals surface area (Å²) in [6, 6.07) is 0. The molecule has 3 N–H and O–H groups in total. The lowest BCUT2D eigenvalue weighted by molar-refractivity contribution is -0.149. The molecule has 5 unspecified atom stereocenters. The van der Waals surface area contributed by atoms with Crippen molar-refractivity contribution in [3.8, 4) is 0 Å². The van der Waals surface area contributed by atoms with Crippen molar-refractivity contribution in [2.24, 2.45) is 35.0 Å². The zero-order valence-electron chi connectivity index (χ0n) is 15.2. The summed E-state index contributed by atoms with van der Waals surface area (Å²) >= 11 is 0. The minimum absolute atomic E-state index is 0.0163. The van der Waals surface area contributed by atoms with Crippen LogP contribution in [0.15, 0.2) is 35.5 Å². The maximum absolute atomic E-state index is 12.0. The lowest BCUT2D eigenvalue weighted by atomic mass is 9.60. The second-order valence-electron chi connectivity index (χ2n) is 9.39. The molecule has 0 aliphatic heterocycles. The van der Waals surface area contributed by atoms with E-state index < -0.39 is 11.2 Å². The molecule has 0 saturated heterocycles. The van der Waals surface area contributed by atoms with E-state index in [-0.39, 0.29) is 29.8 Å². The van der Waals surface area contributed by atoms with Gasteiger partial charge >= 0.3 is 0 Å². The summed E-state index contributed by atoms with van der Waals surface area (Å²) < 4.78 is 0. The van der Waals surface area contributed by atoms with E-state index >= 15 is 0 Å². The van der Waals surface area contributed by atoms with Crippen molar-refractivity contribution >= 4 is 0 Å². The molecule has 0 heterocycles. The van der Waals surface area contributed by atoms with Crippen LogP contribution >= 0.6 is 0 Å². The molecule has 0 aromatic heterocycles. The van der Waals surface area contributed by atoms with Crippen LogP contribution in [0.25, 0.3) is 0 Å². The third-order valence-electron chi connectivity index (χ3n) is 8.00. The summed E-state index contributed by atoms with van der Waals surface area (Å²) in [5.41, 5.74) is 0.563. The highest BCUT2D eigenvalue weighted by molar-refractivity contribution is 5.48. The Bertz CT molecular complexity index is 673. The van der Waals surface area contributed by atoms with Gasteiger partial charge in [-0.15, -0.1) is 0 Å². The Labute approximate surface area is 144 Å². The van der Waals surface area contributed by atoms with E-state index in [9.17, 15) is 15.3 Å². The van der Waals surface area contributed by atoms with Crippen molar-refractivity contribution in [3.05, 3.63) is 35.5 Å². The second-order valence-corrected chi connectivity index (χ2v) is 9.39. The molecule has 4 rings (SSSR count). The van der Waals surface area contributed by atoms with Crippen LogP contribution in [0.5, 0.6) is 0 Å². The fourth-order valence-electron chi connectivity index (χ4n) is 6.40. The van der Waals surface area contributed by atoms with Crippen LogP contribution in [0.2, 0.25) is 0 Å². The Kier molecular flexibility index (Phi) is 3.19. The van der Waals surface area contributed by atoms with Crippen LogP contribution in [0.4, 0.5) is 0 Å². The van der Waals surface area contributed by atoms with Gasteiger partial charge in [-0.25, -0.2) is 0 Å². The molecule has 2 saturated carbocycles. The van der Waals surface area contributed by atoms with E-state index in [2.05, 4.69) is 33.4 Å². The SMILES string of the molecule is C=C1C(C)=CC2C1(O)CC(CO)=CC1[C@H]3C(C[C@@H](C)C12O)C3(C)C. The van der Waals surface area contributed by atoms with Gasteiger partial charge in [0.15, 0.2) is 0 Å². The number of hydrogen-bond acceptors (Lipinski definition) is 3. The van der Waals surface area contributed by atoms with Gasteiger partial charge in [0.2, 0.25) is 0 Å². The van der Waals surface area contributed by atoms with Crippen molar-refractivity contribution in [3.63, 3.8) is 0 Å². The van der Waals surface area contributed by atoms with Gasteiger partial charge in [-0.3, -0.25) is 0 Å². The number of hydrogen-bond donors (Lipinski definition) is 3. The van der Waals surface area contributed by atoms with E-state index in [0.717, 1.165) is 17.6 Å². The van der Waals surface area contributed by atoms with Crippen LogP contribution in [0, 0.1) is 35.0 Å². The molecule has 7 atom stereocenters.